The fraction of sp³-hybridized carbons (Fsp3) is 0.538. The molecule has 0 saturated heterocycles. The van der Waals surface area contributed by atoms with E-state index in [2.05, 4.69) is 28.1 Å². The molecule has 0 atom stereocenters. The number of halogens is 1. The average molecular weight is 282 g/mol. The highest BCUT2D eigenvalue weighted by atomic mass is 79.9. The SMILES string of the molecule is COc1c(Br)cccc1C1(C2(N)CC2)CC1. The van der Waals surface area contributed by atoms with Gasteiger partial charge in [-0.3, -0.25) is 0 Å². The van der Waals surface area contributed by atoms with Crippen molar-refractivity contribution < 1.29 is 4.74 Å². The van der Waals surface area contributed by atoms with Gasteiger partial charge in [-0.2, -0.15) is 0 Å². The van der Waals surface area contributed by atoms with Gasteiger partial charge in [0, 0.05) is 16.5 Å². The quantitative estimate of drug-likeness (QED) is 0.925. The third-order valence-corrected chi connectivity index (χ3v) is 4.80. The van der Waals surface area contributed by atoms with Gasteiger partial charge in [0.25, 0.3) is 0 Å². The van der Waals surface area contributed by atoms with Crippen molar-refractivity contribution in [3.8, 4) is 5.75 Å². The van der Waals surface area contributed by atoms with Crippen molar-refractivity contribution in [1.82, 2.24) is 0 Å². The smallest absolute Gasteiger partial charge is 0.136 e. The Morgan fingerprint density at radius 3 is 2.44 bits per heavy atom. The lowest BCUT2D eigenvalue weighted by Crippen LogP contribution is -2.37. The summed E-state index contributed by atoms with van der Waals surface area (Å²) in [5.41, 5.74) is 7.96. The summed E-state index contributed by atoms with van der Waals surface area (Å²) in [6, 6.07) is 6.27. The largest absolute Gasteiger partial charge is 0.495 e. The summed E-state index contributed by atoms with van der Waals surface area (Å²) >= 11 is 3.55. The molecule has 0 heterocycles. The Kier molecular flexibility index (Phi) is 2.14. The van der Waals surface area contributed by atoms with Crippen LogP contribution in [0.1, 0.15) is 31.2 Å². The second-order valence-corrected chi connectivity index (χ2v) is 5.91. The monoisotopic (exact) mass is 281 g/mol. The van der Waals surface area contributed by atoms with E-state index in [-0.39, 0.29) is 11.0 Å². The topological polar surface area (TPSA) is 35.2 Å². The normalized spacial score (nSPS) is 23.9. The molecule has 2 aliphatic carbocycles. The number of hydrogen-bond acceptors (Lipinski definition) is 2. The molecule has 3 rings (SSSR count). The van der Waals surface area contributed by atoms with E-state index in [0.29, 0.717) is 0 Å². The number of nitrogens with two attached hydrogens (primary N) is 1. The average Bonchev–Trinajstić information content (AvgIpc) is 3.13. The van der Waals surface area contributed by atoms with Gasteiger partial charge in [0.15, 0.2) is 0 Å². The maximum absolute atomic E-state index is 6.42. The van der Waals surface area contributed by atoms with Gasteiger partial charge in [0.05, 0.1) is 11.6 Å². The summed E-state index contributed by atoms with van der Waals surface area (Å²) in [5.74, 6) is 0.969. The Bertz CT molecular complexity index is 436. The first-order valence-corrected chi connectivity index (χ1v) is 6.54. The molecule has 2 N–H and O–H groups in total. The molecule has 0 unspecified atom stereocenters. The summed E-state index contributed by atoms with van der Waals surface area (Å²) < 4.78 is 6.55. The summed E-state index contributed by atoms with van der Waals surface area (Å²) in [4.78, 5) is 0. The van der Waals surface area contributed by atoms with Crippen LogP contribution in [-0.2, 0) is 5.41 Å². The third kappa shape index (κ3) is 1.28. The highest BCUT2D eigenvalue weighted by Gasteiger charge is 2.64. The van der Waals surface area contributed by atoms with Crippen molar-refractivity contribution in [3.63, 3.8) is 0 Å². The van der Waals surface area contributed by atoms with Crippen molar-refractivity contribution >= 4 is 15.9 Å². The third-order valence-electron chi connectivity index (χ3n) is 4.18. The molecule has 2 fully saturated rings. The lowest BCUT2D eigenvalue weighted by atomic mass is 9.85. The van der Waals surface area contributed by atoms with Crippen LogP contribution >= 0.6 is 15.9 Å². The second-order valence-electron chi connectivity index (χ2n) is 5.06. The van der Waals surface area contributed by atoms with E-state index >= 15 is 0 Å². The summed E-state index contributed by atoms with van der Waals surface area (Å²) in [7, 11) is 1.73. The summed E-state index contributed by atoms with van der Waals surface area (Å²) in [6.07, 6.45) is 4.72. The molecule has 1 aromatic rings. The summed E-state index contributed by atoms with van der Waals surface area (Å²) in [5, 5.41) is 0. The zero-order valence-electron chi connectivity index (χ0n) is 9.42. The molecule has 0 spiro atoms. The van der Waals surface area contributed by atoms with Crippen LogP contribution in [0.15, 0.2) is 22.7 Å². The molecule has 2 aliphatic rings. The molecule has 86 valence electrons. The van der Waals surface area contributed by atoms with Crippen LogP contribution in [0, 0.1) is 0 Å². The van der Waals surface area contributed by atoms with Crippen molar-refractivity contribution in [2.75, 3.05) is 7.11 Å². The Morgan fingerprint density at radius 1 is 1.25 bits per heavy atom. The van der Waals surface area contributed by atoms with Crippen LogP contribution in [-0.4, -0.2) is 12.6 Å². The Morgan fingerprint density at radius 2 is 1.94 bits per heavy atom. The lowest BCUT2D eigenvalue weighted by molar-refractivity contribution is 0.390. The molecule has 3 heteroatoms. The van der Waals surface area contributed by atoms with E-state index in [1.54, 1.807) is 7.11 Å². The van der Waals surface area contributed by atoms with Gasteiger partial charge in [-0.1, -0.05) is 12.1 Å². The van der Waals surface area contributed by atoms with Crippen LogP contribution in [0.4, 0.5) is 0 Å². The number of benzene rings is 1. The summed E-state index contributed by atoms with van der Waals surface area (Å²) in [6.45, 7) is 0. The molecule has 0 radical (unpaired) electrons. The Labute approximate surface area is 104 Å². The van der Waals surface area contributed by atoms with Gasteiger partial charge in [0.2, 0.25) is 0 Å². The number of methoxy groups -OCH3 is 1. The molecule has 2 nitrogen and oxygen atoms in total. The first-order chi connectivity index (χ1) is 7.63. The molecule has 0 bridgehead atoms. The molecule has 2 saturated carbocycles. The fourth-order valence-corrected chi connectivity index (χ4v) is 3.39. The van der Waals surface area contributed by atoms with Crippen LogP contribution in [0.3, 0.4) is 0 Å². The Balaban J connectivity index is 2.10. The van der Waals surface area contributed by atoms with Crippen LogP contribution < -0.4 is 10.5 Å². The minimum absolute atomic E-state index is 0.0427. The standard InChI is InChI=1S/C13H16BrNO/c1-16-11-9(3-2-4-10(11)14)12(5-6-12)13(15)7-8-13/h2-4H,5-8,15H2,1H3. The molecule has 16 heavy (non-hydrogen) atoms. The lowest BCUT2D eigenvalue weighted by Gasteiger charge is -2.25. The first kappa shape index (κ1) is 10.6. The highest BCUT2D eigenvalue weighted by Crippen LogP contribution is 2.65. The zero-order chi connectivity index (χ0) is 11.4. The predicted octanol–water partition coefficient (Wildman–Crippen LogP) is 2.98. The van der Waals surface area contributed by atoms with Crippen molar-refractivity contribution in [1.29, 1.82) is 0 Å². The number of para-hydroxylation sites is 1. The van der Waals surface area contributed by atoms with Crippen molar-refractivity contribution in [3.05, 3.63) is 28.2 Å². The van der Waals surface area contributed by atoms with Crippen LogP contribution in [0.5, 0.6) is 5.75 Å². The van der Waals surface area contributed by atoms with Gasteiger partial charge in [-0.25, -0.2) is 0 Å². The first-order valence-electron chi connectivity index (χ1n) is 5.75. The molecular weight excluding hydrogens is 266 g/mol. The van der Waals surface area contributed by atoms with E-state index in [1.165, 1.54) is 18.4 Å². The number of hydrogen-bond donors (Lipinski definition) is 1. The van der Waals surface area contributed by atoms with Crippen molar-refractivity contribution in [2.45, 2.75) is 36.6 Å². The van der Waals surface area contributed by atoms with E-state index in [1.807, 2.05) is 6.07 Å². The van der Waals surface area contributed by atoms with Gasteiger partial charge in [-0.05, 0) is 47.7 Å². The van der Waals surface area contributed by atoms with E-state index in [9.17, 15) is 0 Å². The van der Waals surface area contributed by atoms with Crippen LogP contribution in [0.2, 0.25) is 0 Å². The molecule has 1 aromatic carbocycles. The van der Waals surface area contributed by atoms with E-state index in [0.717, 1.165) is 23.1 Å². The molecular formula is C13H16BrNO. The zero-order valence-corrected chi connectivity index (χ0v) is 11.0. The minimum atomic E-state index is 0.0427. The van der Waals surface area contributed by atoms with Gasteiger partial charge in [0.1, 0.15) is 5.75 Å². The van der Waals surface area contributed by atoms with Gasteiger partial charge < -0.3 is 10.5 Å². The fourth-order valence-electron chi connectivity index (χ4n) is 2.87. The minimum Gasteiger partial charge on any atom is -0.495 e. The number of rotatable bonds is 3. The van der Waals surface area contributed by atoms with E-state index < -0.39 is 0 Å². The van der Waals surface area contributed by atoms with Crippen LogP contribution in [0.25, 0.3) is 0 Å². The maximum atomic E-state index is 6.42. The number of ether oxygens (including phenoxy) is 1. The van der Waals surface area contributed by atoms with Crippen molar-refractivity contribution in [2.24, 2.45) is 5.73 Å². The van der Waals surface area contributed by atoms with E-state index in [4.69, 9.17) is 10.5 Å². The second kappa shape index (κ2) is 3.23. The molecule has 0 amide bonds. The van der Waals surface area contributed by atoms with Gasteiger partial charge >= 0.3 is 0 Å². The van der Waals surface area contributed by atoms with Gasteiger partial charge in [-0.15, -0.1) is 0 Å². The molecule has 0 aromatic heterocycles. The predicted molar refractivity (Wildman–Crippen MR) is 67.8 cm³/mol. The maximum Gasteiger partial charge on any atom is 0.136 e. The Hall–Kier alpha value is -0.540. The molecule has 0 aliphatic heterocycles. The highest BCUT2D eigenvalue weighted by molar-refractivity contribution is 9.10.